The van der Waals surface area contributed by atoms with E-state index in [0.717, 1.165) is 11.0 Å². The highest BCUT2D eigenvalue weighted by atomic mass is 31.2. The number of halogens is 1. The Morgan fingerprint density at radius 2 is 1.64 bits per heavy atom. The Labute approximate surface area is 202 Å². The first-order chi connectivity index (χ1) is 16.5. The molecule has 1 aliphatic rings. The molecule has 1 saturated heterocycles. The number of piperazine rings is 1. The van der Waals surface area contributed by atoms with Gasteiger partial charge in [0.1, 0.15) is 11.4 Å². The SMILES string of the molecule is CCn1cc(C(=O)O)c(=O)c2cc(F)c(N3CCN(C(=O)OC(C)(P(=O)(O)O)P(=O)(O)O)CC3)cc21. The summed E-state index contributed by atoms with van der Waals surface area (Å²) in [5, 5.41) is 5.76. The van der Waals surface area contributed by atoms with Gasteiger partial charge < -0.3 is 43.8 Å². The molecule has 14 nitrogen and oxygen atoms in total. The molecule has 1 aliphatic heterocycles. The van der Waals surface area contributed by atoms with Gasteiger partial charge in [-0.25, -0.2) is 14.0 Å². The largest absolute Gasteiger partial charge is 0.477 e. The average molecular weight is 551 g/mol. The highest BCUT2D eigenvalue weighted by molar-refractivity contribution is 7.72. The fourth-order valence-corrected chi connectivity index (χ4v) is 5.46. The minimum Gasteiger partial charge on any atom is -0.477 e. The number of ether oxygens (including phenoxy) is 1. The summed E-state index contributed by atoms with van der Waals surface area (Å²) in [5.41, 5.74) is -0.972. The maximum Gasteiger partial charge on any atom is 0.411 e. The highest BCUT2D eigenvalue weighted by Gasteiger charge is 2.60. The van der Waals surface area contributed by atoms with E-state index in [9.17, 15) is 52.6 Å². The van der Waals surface area contributed by atoms with E-state index in [4.69, 9.17) is 0 Å². The van der Waals surface area contributed by atoms with E-state index in [1.54, 1.807) is 6.92 Å². The molecule has 1 amide bonds. The Kier molecular flexibility index (Phi) is 7.39. The second-order valence-corrected chi connectivity index (χ2v) is 12.4. The number of rotatable bonds is 6. The zero-order chi connectivity index (χ0) is 27.2. The maximum absolute atomic E-state index is 15.0. The van der Waals surface area contributed by atoms with E-state index >= 15 is 0 Å². The number of aromatic nitrogens is 1. The summed E-state index contributed by atoms with van der Waals surface area (Å²) in [6.45, 7) is 2.16. The van der Waals surface area contributed by atoms with Crippen molar-refractivity contribution in [1.29, 1.82) is 0 Å². The van der Waals surface area contributed by atoms with Crippen LogP contribution in [0, 0.1) is 5.82 Å². The molecule has 0 radical (unpaired) electrons. The van der Waals surface area contributed by atoms with Gasteiger partial charge in [-0.2, -0.15) is 0 Å². The minimum absolute atomic E-state index is 0.00360. The Hall–Kier alpha value is -2.80. The van der Waals surface area contributed by atoms with E-state index in [1.165, 1.54) is 21.7 Å². The van der Waals surface area contributed by atoms with Gasteiger partial charge in [-0.05, 0) is 26.0 Å². The molecular formula is C19H24FN3O11P2. The van der Waals surface area contributed by atoms with E-state index in [-0.39, 0.29) is 37.3 Å². The van der Waals surface area contributed by atoms with E-state index < -0.39 is 49.1 Å². The van der Waals surface area contributed by atoms with Gasteiger partial charge in [0.25, 0.3) is 0 Å². The molecule has 36 heavy (non-hydrogen) atoms. The molecule has 3 rings (SSSR count). The summed E-state index contributed by atoms with van der Waals surface area (Å²) in [6.07, 6.45) is -0.203. The van der Waals surface area contributed by atoms with Crippen LogP contribution in [0.2, 0.25) is 0 Å². The molecule has 0 atom stereocenters. The minimum atomic E-state index is -5.58. The number of nitrogens with zero attached hydrogens (tertiary/aromatic N) is 3. The van der Waals surface area contributed by atoms with Crippen molar-refractivity contribution in [2.24, 2.45) is 0 Å². The highest BCUT2D eigenvalue weighted by Crippen LogP contribution is 2.69. The van der Waals surface area contributed by atoms with Crippen molar-refractivity contribution < 1.29 is 52.5 Å². The van der Waals surface area contributed by atoms with Crippen LogP contribution >= 0.6 is 15.2 Å². The van der Waals surface area contributed by atoms with Crippen LogP contribution in [-0.4, -0.2) is 77.5 Å². The lowest BCUT2D eigenvalue weighted by molar-refractivity contribution is 0.0566. The number of aromatic carboxylic acids is 1. The standard InChI is InChI=1S/C19H24FN3O11P2/c1-3-21-10-12(17(25)26)16(24)11-8-13(20)15(9-14(11)21)22-4-6-23(7-5-22)18(27)34-19(2,35(28,29)30)36(31,32)33/h8-10H,3-7H2,1-2H3,(H,25,26)(H2,28,29,30)(H2,31,32,33). The third-order valence-electron chi connectivity index (χ3n) is 5.96. The lowest BCUT2D eigenvalue weighted by atomic mass is 10.1. The molecule has 17 heteroatoms. The van der Waals surface area contributed by atoms with Crippen molar-refractivity contribution in [3.8, 4) is 0 Å². The predicted octanol–water partition coefficient (Wildman–Crippen LogP) is 1.15. The quantitative estimate of drug-likeness (QED) is 0.321. The van der Waals surface area contributed by atoms with Crippen LogP contribution in [0.25, 0.3) is 10.9 Å². The number of pyridine rings is 1. The van der Waals surface area contributed by atoms with Crippen LogP contribution < -0.4 is 10.3 Å². The second kappa shape index (κ2) is 9.58. The van der Waals surface area contributed by atoms with Crippen molar-refractivity contribution in [1.82, 2.24) is 9.47 Å². The Morgan fingerprint density at radius 1 is 1.08 bits per heavy atom. The molecular weight excluding hydrogens is 527 g/mol. The van der Waals surface area contributed by atoms with Crippen LogP contribution in [0.3, 0.4) is 0 Å². The van der Waals surface area contributed by atoms with Crippen molar-refractivity contribution in [2.75, 3.05) is 31.1 Å². The van der Waals surface area contributed by atoms with Crippen LogP contribution in [0.1, 0.15) is 24.2 Å². The van der Waals surface area contributed by atoms with E-state index in [2.05, 4.69) is 4.74 Å². The molecule has 1 aromatic heterocycles. The number of fused-ring (bicyclic) bond motifs is 1. The zero-order valence-electron chi connectivity index (χ0n) is 19.1. The normalized spacial score (nSPS) is 15.3. The summed E-state index contributed by atoms with van der Waals surface area (Å²) in [6, 6.07) is 2.32. The van der Waals surface area contributed by atoms with Gasteiger partial charge in [0.15, 0.2) is 0 Å². The fraction of sp³-hybridized carbons (Fsp3) is 0.421. The van der Waals surface area contributed by atoms with Gasteiger partial charge in [-0.1, -0.05) is 0 Å². The van der Waals surface area contributed by atoms with Crippen molar-refractivity contribution in [3.05, 3.63) is 39.9 Å². The van der Waals surface area contributed by atoms with E-state index in [1.807, 2.05) is 0 Å². The van der Waals surface area contributed by atoms with E-state index in [0.29, 0.717) is 19.0 Å². The van der Waals surface area contributed by atoms with Gasteiger partial charge in [-0.3, -0.25) is 13.9 Å². The van der Waals surface area contributed by atoms with Gasteiger partial charge in [0, 0.05) is 44.3 Å². The molecule has 1 aromatic carbocycles. The lowest BCUT2D eigenvalue weighted by Gasteiger charge is -2.38. The van der Waals surface area contributed by atoms with Gasteiger partial charge >= 0.3 is 32.3 Å². The number of carboxylic acids is 1. The molecule has 5 N–H and O–H groups in total. The van der Waals surface area contributed by atoms with Gasteiger partial charge in [0.2, 0.25) is 5.43 Å². The third kappa shape index (κ3) is 4.90. The summed E-state index contributed by atoms with van der Waals surface area (Å²) in [5.74, 6) is -2.25. The van der Waals surface area contributed by atoms with Crippen LogP contribution in [0.5, 0.6) is 0 Å². The Bertz CT molecular complexity index is 1350. The first-order valence-corrected chi connectivity index (χ1v) is 13.7. The zero-order valence-corrected chi connectivity index (χ0v) is 20.9. The number of amides is 1. The lowest BCUT2D eigenvalue weighted by Crippen LogP contribution is -2.50. The topological polar surface area (TPSA) is 207 Å². The second-order valence-electron chi connectivity index (χ2n) is 8.15. The number of carbonyl (C=O) groups is 2. The number of hydrogen-bond donors (Lipinski definition) is 5. The fourth-order valence-electron chi connectivity index (χ4n) is 3.70. The van der Waals surface area contributed by atoms with Crippen LogP contribution in [-0.2, 0) is 20.4 Å². The number of aryl methyl sites for hydroxylation is 1. The first kappa shape index (κ1) is 27.8. The molecule has 198 valence electrons. The van der Waals surface area contributed by atoms with Gasteiger partial charge in [0.05, 0.1) is 11.2 Å². The molecule has 0 saturated carbocycles. The summed E-state index contributed by atoms with van der Waals surface area (Å²) < 4.78 is 44.3. The number of anilines is 1. The Balaban J connectivity index is 1.85. The van der Waals surface area contributed by atoms with Crippen molar-refractivity contribution in [3.63, 3.8) is 0 Å². The van der Waals surface area contributed by atoms with Crippen LogP contribution in [0.4, 0.5) is 14.9 Å². The molecule has 0 bridgehead atoms. The summed E-state index contributed by atoms with van der Waals surface area (Å²) in [7, 11) is -11.2. The average Bonchev–Trinajstić information content (AvgIpc) is 2.77. The smallest absolute Gasteiger partial charge is 0.411 e. The number of benzene rings is 1. The Morgan fingerprint density at radius 3 is 2.11 bits per heavy atom. The number of carbonyl (C=O) groups excluding carboxylic acids is 1. The van der Waals surface area contributed by atoms with Crippen LogP contribution in [0.15, 0.2) is 23.1 Å². The molecule has 2 heterocycles. The number of carboxylic acid groups (broad SMARTS) is 1. The monoisotopic (exact) mass is 551 g/mol. The molecule has 0 spiro atoms. The molecule has 2 aromatic rings. The molecule has 1 fully saturated rings. The molecule has 0 unspecified atom stereocenters. The molecule has 0 aliphatic carbocycles. The summed E-state index contributed by atoms with van der Waals surface area (Å²) >= 11 is 0. The number of hydrogen-bond acceptors (Lipinski definition) is 7. The summed E-state index contributed by atoms with van der Waals surface area (Å²) in [4.78, 5) is 76.2. The first-order valence-electron chi connectivity index (χ1n) is 10.5. The van der Waals surface area contributed by atoms with Crippen molar-refractivity contribution in [2.45, 2.75) is 25.5 Å². The predicted molar refractivity (Wildman–Crippen MR) is 124 cm³/mol. The maximum atomic E-state index is 15.0. The van der Waals surface area contributed by atoms with Gasteiger partial charge in [-0.15, -0.1) is 0 Å². The van der Waals surface area contributed by atoms with Crippen molar-refractivity contribution >= 4 is 43.8 Å². The third-order valence-corrected chi connectivity index (χ3v) is 9.87.